The Morgan fingerprint density at radius 2 is 2.04 bits per heavy atom. The minimum absolute atomic E-state index is 0.0210. The van der Waals surface area contributed by atoms with Crippen molar-refractivity contribution in [1.82, 2.24) is 10.3 Å². The fraction of sp³-hybridized carbons (Fsp3) is 0.429. The number of nitrogens with one attached hydrogen (secondary N) is 2. The highest BCUT2D eigenvalue weighted by Crippen LogP contribution is 2.18. The lowest BCUT2D eigenvalue weighted by Gasteiger charge is -2.22. The summed E-state index contributed by atoms with van der Waals surface area (Å²) >= 11 is 0. The molecule has 0 spiro atoms. The first-order valence-corrected chi connectivity index (χ1v) is 9.38. The molecule has 1 aromatic heterocycles. The van der Waals surface area contributed by atoms with Crippen molar-refractivity contribution in [3.05, 3.63) is 53.7 Å². The molecule has 5 heteroatoms. The molecule has 26 heavy (non-hydrogen) atoms. The topological polar surface area (TPSA) is 63.2 Å². The molecular formula is C21H27N3O2. The van der Waals surface area contributed by atoms with Gasteiger partial charge in [-0.3, -0.25) is 4.79 Å². The van der Waals surface area contributed by atoms with Crippen molar-refractivity contribution in [3.8, 4) is 5.75 Å². The number of carbonyl (C=O) groups excluding carboxylic acids is 1. The Labute approximate surface area is 155 Å². The molecule has 1 aliphatic carbocycles. The molecule has 0 bridgehead atoms. The summed E-state index contributed by atoms with van der Waals surface area (Å²) in [7, 11) is 1.67. The molecule has 0 aliphatic heterocycles. The zero-order valence-corrected chi connectivity index (χ0v) is 15.3. The number of hydrogen-bond donors (Lipinski definition) is 2. The van der Waals surface area contributed by atoms with Crippen LogP contribution in [0.25, 0.3) is 0 Å². The number of amides is 1. The maximum absolute atomic E-state index is 12.3. The standard InChI is InChI=1S/C21H27N3O2/c1-26-19-9-5-6-16(14-19)12-13-22-20-11-10-17(15-23-20)21(25)24-18-7-3-2-4-8-18/h5-6,9-11,14-15,18H,2-4,7-8,12-13H2,1H3,(H,22,23)(H,24,25). The number of carbonyl (C=O) groups is 1. The van der Waals surface area contributed by atoms with Crippen LogP contribution in [0.5, 0.6) is 5.75 Å². The molecule has 5 nitrogen and oxygen atoms in total. The van der Waals surface area contributed by atoms with E-state index >= 15 is 0 Å². The number of rotatable bonds is 7. The average Bonchev–Trinajstić information content (AvgIpc) is 2.69. The van der Waals surface area contributed by atoms with Gasteiger partial charge in [-0.1, -0.05) is 31.4 Å². The summed E-state index contributed by atoms with van der Waals surface area (Å²) < 4.78 is 5.24. The third kappa shape index (κ3) is 5.22. The smallest absolute Gasteiger partial charge is 0.253 e. The molecule has 3 rings (SSSR count). The molecule has 1 fully saturated rings. The van der Waals surface area contributed by atoms with Crippen LogP contribution in [0, 0.1) is 0 Å². The minimum atomic E-state index is -0.0210. The van der Waals surface area contributed by atoms with Crippen molar-refractivity contribution in [3.63, 3.8) is 0 Å². The number of anilines is 1. The van der Waals surface area contributed by atoms with Gasteiger partial charge >= 0.3 is 0 Å². The molecule has 1 aromatic carbocycles. The highest BCUT2D eigenvalue weighted by Gasteiger charge is 2.16. The zero-order chi connectivity index (χ0) is 18.2. The van der Waals surface area contributed by atoms with Gasteiger partial charge in [0.15, 0.2) is 0 Å². The van der Waals surface area contributed by atoms with Gasteiger partial charge in [0.05, 0.1) is 12.7 Å². The Hall–Kier alpha value is -2.56. The van der Waals surface area contributed by atoms with E-state index in [4.69, 9.17) is 4.74 Å². The first kappa shape index (κ1) is 18.2. The SMILES string of the molecule is COc1cccc(CCNc2ccc(C(=O)NC3CCCCC3)cn2)c1. The molecule has 1 amide bonds. The summed E-state index contributed by atoms with van der Waals surface area (Å²) in [5.41, 5.74) is 1.83. The Morgan fingerprint density at radius 1 is 1.19 bits per heavy atom. The van der Waals surface area contributed by atoms with Crippen molar-refractivity contribution >= 4 is 11.7 Å². The lowest BCUT2D eigenvalue weighted by Crippen LogP contribution is -2.36. The molecule has 0 radical (unpaired) electrons. The molecule has 1 saturated carbocycles. The van der Waals surface area contributed by atoms with Gasteiger partial charge in [-0.25, -0.2) is 4.98 Å². The molecular weight excluding hydrogens is 326 g/mol. The Balaban J connectivity index is 1.47. The Morgan fingerprint density at radius 3 is 2.77 bits per heavy atom. The van der Waals surface area contributed by atoms with E-state index in [0.717, 1.165) is 37.4 Å². The molecule has 0 atom stereocenters. The summed E-state index contributed by atoms with van der Waals surface area (Å²) in [5.74, 6) is 1.63. The van der Waals surface area contributed by atoms with Crippen molar-refractivity contribution in [2.75, 3.05) is 19.0 Å². The minimum Gasteiger partial charge on any atom is -0.497 e. The maximum Gasteiger partial charge on any atom is 0.253 e. The van der Waals surface area contributed by atoms with Crippen LogP contribution >= 0.6 is 0 Å². The van der Waals surface area contributed by atoms with E-state index in [-0.39, 0.29) is 5.91 Å². The number of nitrogens with zero attached hydrogens (tertiary/aromatic N) is 1. The number of aromatic nitrogens is 1. The molecule has 0 saturated heterocycles. The van der Waals surface area contributed by atoms with Gasteiger partial charge in [0.1, 0.15) is 11.6 Å². The van der Waals surface area contributed by atoms with Crippen LogP contribution in [0.2, 0.25) is 0 Å². The molecule has 138 valence electrons. The van der Waals surface area contributed by atoms with E-state index in [0.29, 0.717) is 11.6 Å². The monoisotopic (exact) mass is 353 g/mol. The summed E-state index contributed by atoms with van der Waals surface area (Å²) in [6, 6.07) is 12.1. The molecule has 2 aromatic rings. The summed E-state index contributed by atoms with van der Waals surface area (Å²) in [6.45, 7) is 0.772. The van der Waals surface area contributed by atoms with Gasteiger partial charge < -0.3 is 15.4 Å². The lowest BCUT2D eigenvalue weighted by molar-refractivity contribution is 0.0927. The summed E-state index contributed by atoms with van der Waals surface area (Å²) in [6.07, 6.45) is 8.39. The second-order valence-corrected chi connectivity index (χ2v) is 6.77. The third-order valence-electron chi connectivity index (χ3n) is 4.82. The van der Waals surface area contributed by atoms with Gasteiger partial charge in [0.25, 0.3) is 5.91 Å². The average molecular weight is 353 g/mol. The van der Waals surface area contributed by atoms with Crippen LogP contribution in [-0.4, -0.2) is 30.6 Å². The van der Waals surface area contributed by atoms with E-state index in [9.17, 15) is 4.79 Å². The number of hydrogen-bond acceptors (Lipinski definition) is 4. The van der Waals surface area contributed by atoms with E-state index < -0.39 is 0 Å². The van der Waals surface area contributed by atoms with Gasteiger partial charge in [0.2, 0.25) is 0 Å². The van der Waals surface area contributed by atoms with E-state index in [1.165, 1.54) is 24.8 Å². The van der Waals surface area contributed by atoms with Crippen molar-refractivity contribution < 1.29 is 9.53 Å². The number of ether oxygens (including phenoxy) is 1. The predicted molar refractivity (Wildman–Crippen MR) is 104 cm³/mol. The van der Waals surface area contributed by atoms with Crippen LogP contribution in [0.4, 0.5) is 5.82 Å². The van der Waals surface area contributed by atoms with E-state index in [1.807, 2.05) is 30.3 Å². The molecule has 0 unspecified atom stereocenters. The maximum atomic E-state index is 12.3. The van der Waals surface area contributed by atoms with Crippen LogP contribution in [0.3, 0.4) is 0 Å². The van der Waals surface area contributed by atoms with E-state index in [2.05, 4.69) is 21.7 Å². The van der Waals surface area contributed by atoms with Crippen molar-refractivity contribution in [1.29, 1.82) is 0 Å². The second-order valence-electron chi connectivity index (χ2n) is 6.77. The quantitative estimate of drug-likeness (QED) is 0.794. The van der Waals surface area contributed by atoms with E-state index in [1.54, 1.807) is 13.3 Å². The van der Waals surface area contributed by atoms with Crippen molar-refractivity contribution in [2.24, 2.45) is 0 Å². The van der Waals surface area contributed by atoms with Gasteiger partial charge in [-0.05, 0) is 49.1 Å². The van der Waals surface area contributed by atoms with Crippen molar-refractivity contribution in [2.45, 2.75) is 44.6 Å². The number of benzene rings is 1. The predicted octanol–water partition coefficient (Wildman–Crippen LogP) is 3.81. The normalized spacial score (nSPS) is 14.7. The summed E-state index contributed by atoms with van der Waals surface area (Å²) in [5, 5.41) is 6.41. The van der Waals surface area contributed by atoms with Gasteiger partial charge in [-0.15, -0.1) is 0 Å². The summed E-state index contributed by atoms with van der Waals surface area (Å²) in [4.78, 5) is 16.7. The fourth-order valence-corrected chi connectivity index (χ4v) is 3.31. The first-order chi connectivity index (χ1) is 12.7. The third-order valence-corrected chi connectivity index (χ3v) is 4.82. The highest BCUT2D eigenvalue weighted by atomic mass is 16.5. The molecule has 2 N–H and O–H groups in total. The van der Waals surface area contributed by atoms with Crippen LogP contribution in [0.1, 0.15) is 48.0 Å². The number of methoxy groups -OCH3 is 1. The second kappa shape index (κ2) is 9.22. The van der Waals surface area contributed by atoms with Gasteiger partial charge in [0, 0.05) is 18.8 Å². The Bertz CT molecular complexity index is 709. The van der Waals surface area contributed by atoms with Crippen LogP contribution < -0.4 is 15.4 Å². The zero-order valence-electron chi connectivity index (χ0n) is 15.3. The number of pyridine rings is 1. The molecule has 1 aliphatic rings. The lowest BCUT2D eigenvalue weighted by atomic mass is 9.95. The van der Waals surface area contributed by atoms with Gasteiger partial charge in [-0.2, -0.15) is 0 Å². The Kier molecular flexibility index (Phi) is 6.47. The highest BCUT2D eigenvalue weighted by molar-refractivity contribution is 5.94. The fourth-order valence-electron chi connectivity index (χ4n) is 3.31. The van der Waals surface area contributed by atoms with Crippen LogP contribution in [-0.2, 0) is 6.42 Å². The van der Waals surface area contributed by atoms with Crippen LogP contribution in [0.15, 0.2) is 42.6 Å². The largest absolute Gasteiger partial charge is 0.497 e. The molecule has 1 heterocycles. The first-order valence-electron chi connectivity index (χ1n) is 9.38.